The number of alkyl halides is 3. The molecule has 5 nitrogen and oxygen atoms in total. The molecule has 0 fully saturated rings. The smallest absolute Gasteiger partial charge is 0.391 e. The molecule has 0 amide bonds. The maximum atomic E-state index is 12.6. The van der Waals surface area contributed by atoms with Crippen molar-refractivity contribution in [3.8, 4) is 0 Å². The number of nitro groups is 1. The molecule has 0 aliphatic rings. The van der Waals surface area contributed by atoms with Gasteiger partial charge in [-0.3, -0.25) is 10.1 Å². The fourth-order valence-electron chi connectivity index (χ4n) is 1.52. The summed E-state index contributed by atoms with van der Waals surface area (Å²) in [5.74, 6) is 0. The van der Waals surface area contributed by atoms with Crippen molar-refractivity contribution in [2.24, 2.45) is 5.41 Å². The summed E-state index contributed by atoms with van der Waals surface area (Å²) in [5.41, 5.74) is -2.27. The van der Waals surface area contributed by atoms with E-state index < -0.39 is 33.9 Å². The van der Waals surface area contributed by atoms with Crippen LogP contribution in [0.2, 0.25) is 0 Å². The van der Waals surface area contributed by atoms with Crippen molar-refractivity contribution in [2.75, 3.05) is 11.9 Å². The zero-order valence-corrected chi connectivity index (χ0v) is 11.9. The van der Waals surface area contributed by atoms with Gasteiger partial charge in [-0.05, 0) is 17.5 Å². The molecule has 0 heterocycles. The third kappa shape index (κ3) is 4.59. The third-order valence-corrected chi connectivity index (χ3v) is 3.01. The molecule has 118 valence electrons. The second kappa shape index (κ2) is 5.88. The van der Waals surface area contributed by atoms with Crippen molar-refractivity contribution in [1.82, 2.24) is 0 Å². The van der Waals surface area contributed by atoms with Gasteiger partial charge in [0.25, 0.3) is 5.69 Å². The van der Waals surface area contributed by atoms with Crippen LogP contribution in [0.25, 0.3) is 0 Å². The second-order valence-corrected chi connectivity index (χ2v) is 5.75. The molecule has 0 aromatic heterocycles. The molecule has 1 unspecified atom stereocenters. The maximum Gasteiger partial charge on any atom is 0.416 e. The number of benzene rings is 1. The second-order valence-electron chi connectivity index (χ2n) is 5.75. The average molecular weight is 306 g/mol. The minimum Gasteiger partial charge on any atom is -0.391 e. The minimum absolute atomic E-state index is 0.00426. The molecule has 1 rings (SSSR count). The highest BCUT2D eigenvalue weighted by Gasteiger charge is 2.33. The van der Waals surface area contributed by atoms with Crippen molar-refractivity contribution >= 4 is 11.4 Å². The van der Waals surface area contributed by atoms with Crippen LogP contribution in [0.1, 0.15) is 26.3 Å². The lowest BCUT2D eigenvalue weighted by atomic mass is 9.89. The first-order valence-corrected chi connectivity index (χ1v) is 6.20. The molecular formula is C13H17F3N2O3. The molecule has 0 bridgehead atoms. The van der Waals surface area contributed by atoms with Crippen LogP contribution in [0.4, 0.5) is 24.5 Å². The first kappa shape index (κ1) is 17.2. The van der Waals surface area contributed by atoms with Crippen LogP contribution in [0, 0.1) is 15.5 Å². The van der Waals surface area contributed by atoms with E-state index in [1.165, 1.54) is 0 Å². The molecule has 21 heavy (non-hydrogen) atoms. The number of anilines is 1. The summed E-state index contributed by atoms with van der Waals surface area (Å²) in [7, 11) is 0. The van der Waals surface area contributed by atoms with E-state index in [0.717, 1.165) is 12.1 Å². The van der Waals surface area contributed by atoms with Gasteiger partial charge in [0.05, 0.1) is 16.6 Å². The van der Waals surface area contributed by atoms with Crippen molar-refractivity contribution in [2.45, 2.75) is 33.1 Å². The molecule has 0 radical (unpaired) electrons. The van der Waals surface area contributed by atoms with Gasteiger partial charge in [-0.15, -0.1) is 0 Å². The molecule has 0 aliphatic heterocycles. The summed E-state index contributed by atoms with van der Waals surface area (Å²) in [6.45, 7) is 5.33. The number of aliphatic hydroxyl groups is 1. The number of nitrogens with zero attached hydrogens (tertiary/aromatic N) is 1. The van der Waals surface area contributed by atoms with Crippen LogP contribution in [-0.2, 0) is 6.18 Å². The number of nitrogens with one attached hydrogen (secondary N) is 1. The molecular weight excluding hydrogens is 289 g/mol. The van der Waals surface area contributed by atoms with E-state index in [1.54, 1.807) is 20.8 Å². The lowest BCUT2D eigenvalue weighted by molar-refractivity contribution is -0.384. The van der Waals surface area contributed by atoms with Crippen LogP contribution < -0.4 is 5.32 Å². The monoisotopic (exact) mass is 306 g/mol. The number of aliphatic hydroxyl groups excluding tert-OH is 1. The van der Waals surface area contributed by atoms with E-state index in [0.29, 0.717) is 6.07 Å². The molecule has 2 N–H and O–H groups in total. The first-order valence-electron chi connectivity index (χ1n) is 6.20. The fraction of sp³-hybridized carbons (Fsp3) is 0.538. The average Bonchev–Trinajstić information content (AvgIpc) is 2.33. The molecule has 0 aliphatic carbocycles. The number of hydrogen-bond donors (Lipinski definition) is 2. The van der Waals surface area contributed by atoms with Crippen molar-refractivity contribution in [3.63, 3.8) is 0 Å². The van der Waals surface area contributed by atoms with Gasteiger partial charge in [-0.1, -0.05) is 20.8 Å². The maximum absolute atomic E-state index is 12.6. The van der Waals surface area contributed by atoms with E-state index in [-0.39, 0.29) is 12.2 Å². The van der Waals surface area contributed by atoms with Gasteiger partial charge in [0.15, 0.2) is 0 Å². The highest BCUT2D eigenvalue weighted by Crippen LogP contribution is 2.35. The summed E-state index contributed by atoms with van der Waals surface area (Å²) in [4.78, 5) is 9.99. The first-order chi connectivity index (χ1) is 9.43. The van der Waals surface area contributed by atoms with E-state index in [4.69, 9.17) is 0 Å². The Morgan fingerprint density at radius 3 is 2.33 bits per heavy atom. The molecule has 8 heteroatoms. The molecule has 1 atom stereocenters. The Bertz CT molecular complexity index is 524. The standard InChI is InChI=1S/C13H17F3N2O3/c1-12(2,3)11(19)7-17-9-5-4-8(13(14,15)16)6-10(9)18(20)21/h4-6,11,17,19H,7H2,1-3H3. The zero-order chi connectivity index (χ0) is 16.4. The molecule has 1 aromatic rings. The summed E-state index contributed by atoms with van der Waals surface area (Å²) in [6.07, 6.45) is -5.45. The molecule has 0 saturated heterocycles. The van der Waals surface area contributed by atoms with E-state index in [9.17, 15) is 28.4 Å². The van der Waals surface area contributed by atoms with Crippen molar-refractivity contribution in [3.05, 3.63) is 33.9 Å². The molecule has 1 aromatic carbocycles. The van der Waals surface area contributed by atoms with Gasteiger partial charge in [-0.2, -0.15) is 13.2 Å². The fourth-order valence-corrected chi connectivity index (χ4v) is 1.52. The van der Waals surface area contributed by atoms with Crippen molar-refractivity contribution < 1.29 is 23.2 Å². The van der Waals surface area contributed by atoms with Gasteiger partial charge >= 0.3 is 6.18 Å². The predicted molar refractivity (Wildman–Crippen MR) is 72.0 cm³/mol. The molecule has 0 spiro atoms. The predicted octanol–water partition coefficient (Wildman–Crippen LogP) is 3.43. The lowest BCUT2D eigenvalue weighted by Crippen LogP contribution is -2.33. The minimum atomic E-state index is -4.64. The topological polar surface area (TPSA) is 75.4 Å². The lowest BCUT2D eigenvalue weighted by Gasteiger charge is -2.26. The largest absolute Gasteiger partial charge is 0.416 e. The Balaban J connectivity index is 3.01. The summed E-state index contributed by atoms with van der Waals surface area (Å²) in [6, 6.07) is 2.24. The summed E-state index contributed by atoms with van der Waals surface area (Å²) >= 11 is 0. The van der Waals surface area contributed by atoms with E-state index in [1.807, 2.05) is 0 Å². The molecule has 0 saturated carbocycles. The van der Waals surface area contributed by atoms with Gasteiger partial charge in [0.2, 0.25) is 0 Å². The Kier molecular flexibility index (Phi) is 4.83. The van der Waals surface area contributed by atoms with Crippen LogP contribution in [0.15, 0.2) is 18.2 Å². The Morgan fingerprint density at radius 2 is 1.90 bits per heavy atom. The Labute approximate surface area is 119 Å². The van der Waals surface area contributed by atoms with E-state index >= 15 is 0 Å². The summed E-state index contributed by atoms with van der Waals surface area (Å²) < 4.78 is 37.7. The quantitative estimate of drug-likeness (QED) is 0.660. The van der Waals surface area contributed by atoms with E-state index in [2.05, 4.69) is 5.32 Å². The third-order valence-electron chi connectivity index (χ3n) is 3.01. The zero-order valence-electron chi connectivity index (χ0n) is 11.9. The van der Waals surface area contributed by atoms with Gasteiger partial charge in [-0.25, -0.2) is 0 Å². The van der Waals surface area contributed by atoms with Crippen molar-refractivity contribution in [1.29, 1.82) is 0 Å². The van der Waals surface area contributed by atoms with Crippen LogP contribution >= 0.6 is 0 Å². The Hall–Kier alpha value is -1.83. The number of rotatable bonds is 4. The Morgan fingerprint density at radius 1 is 1.33 bits per heavy atom. The van der Waals surface area contributed by atoms with Gasteiger partial charge < -0.3 is 10.4 Å². The highest BCUT2D eigenvalue weighted by atomic mass is 19.4. The SMILES string of the molecule is CC(C)(C)C(O)CNc1ccc(C(F)(F)F)cc1[N+](=O)[O-]. The normalized spacial score (nSPS) is 13.9. The summed E-state index contributed by atoms with van der Waals surface area (Å²) in [5, 5.41) is 23.3. The number of hydrogen-bond acceptors (Lipinski definition) is 4. The van der Waals surface area contributed by atoms with Gasteiger partial charge in [0.1, 0.15) is 5.69 Å². The number of halogens is 3. The van der Waals surface area contributed by atoms with Gasteiger partial charge in [0, 0.05) is 12.6 Å². The van der Waals surface area contributed by atoms with Crippen LogP contribution in [0.3, 0.4) is 0 Å². The highest BCUT2D eigenvalue weighted by molar-refractivity contribution is 5.63. The van der Waals surface area contributed by atoms with Crippen LogP contribution in [-0.4, -0.2) is 22.7 Å². The number of nitro benzene ring substituents is 1. The van der Waals surface area contributed by atoms with Crippen LogP contribution in [0.5, 0.6) is 0 Å².